The van der Waals surface area contributed by atoms with Crippen molar-refractivity contribution in [1.29, 1.82) is 0 Å². The van der Waals surface area contributed by atoms with Crippen LogP contribution in [0.1, 0.15) is 12.8 Å². The molecule has 2 unspecified atom stereocenters. The number of piperidine rings is 1. The van der Waals surface area contributed by atoms with Gasteiger partial charge in [0.2, 0.25) is 0 Å². The summed E-state index contributed by atoms with van der Waals surface area (Å²) in [5.41, 5.74) is -0.422. The van der Waals surface area contributed by atoms with E-state index in [0.29, 0.717) is 5.92 Å². The number of nitrogens with zero attached hydrogens (tertiary/aromatic N) is 1. The number of hydrazine groups is 1. The lowest BCUT2D eigenvalue weighted by molar-refractivity contribution is -0.148. The molecule has 2 N–H and O–H groups in total. The van der Waals surface area contributed by atoms with E-state index in [9.17, 15) is 4.79 Å². The Balaban J connectivity index is 2.18. The van der Waals surface area contributed by atoms with Gasteiger partial charge in [-0.05, 0) is 18.8 Å². The van der Waals surface area contributed by atoms with Crippen molar-refractivity contribution in [2.24, 2.45) is 11.8 Å². The zero-order chi connectivity index (χ0) is 8.06. The number of fused-ring (bicyclic) bond motifs is 1. The molecule has 0 aromatic heterocycles. The zero-order valence-electron chi connectivity index (χ0n) is 6.54. The number of nitrogens with two attached hydrogens (primary N) is 1. The second kappa shape index (κ2) is 1.95. The molecular formula is C7H12N2O2. The Kier molecular flexibility index (Phi) is 1.25. The molecule has 0 radical (unpaired) electrons. The summed E-state index contributed by atoms with van der Waals surface area (Å²) in [6, 6.07) is 0. The minimum absolute atomic E-state index is 0.164. The number of ether oxygens (including phenoxy) is 1. The van der Waals surface area contributed by atoms with Crippen LogP contribution in [0.15, 0.2) is 0 Å². The van der Waals surface area contributed by atoms with Gasteiger partial charge in [-0.3, -0.25) is 5.84 Å². The summed E-state index contributed by atoms with van der Waals surface area (Å²) in [6.45, 7) is 0.819. The van der Waals surface area contributed by atoms with Crippen molar-refractivity contribution in [2.45, 2.75) is 18.4 Å². The monoisotopic (exact) mass is 156 g/mol. The number of hydrogen-bond donors (Lipinski definition) is 1. The fourth-order valence-corrected chi connectivity index (χ4v) is 2.05. The van der Waals surface area contributed by atoms with E-state index in [2.05, 4.69) is 4.74 Å². The molecule has 1 saturated heterocycles. The lowest BCUT2D eigenvalue weighted by atomic mass is 10.2. The van der Waals surface area contributed by atoms with E-state index in [0.717, 1.165) is 19.4 Å². The second-order valence-electron chi connectivity index (χ2n) is 3.30. The van der Waals surface area contributed by atoms with Gasteiger partial charge in [0.05, 0.1) is 7.11 Å². The van der Waals surface area contributed by atoms with E-state index in [1.165, 1.54) is 7.11 Å². The van der Waals surface area contributed by atoms with Crippen LogP contribution in [0.25, 0.3) is 0 Å². The summed E-state index contributed by atoms with van der Waals surface area (Å²) in [5.74, 6) is 5.96. The van der Waals surface area contributed by atoms with Gasteiger partial charge in [-0.25, -0.2) is 9.80 Å². The Hall–Kier alpha value is -0.610. The molecule has 1 heterocycles. The molecule has 1 saturated carbocycles. The lowest BCUT2D eigenvalue weighted by Gasteiger charge is -2.19. The maximum absolute atomic E-state index is 11.2. The van der Waals surface area contributed by atoms with E-state index in [-0.39, 0.29) is 5.97 Å². The summed E-state index contributed by atoms with van der Waals surface area (Å²) in [5, 5.41) is 1.63. The highest BCUT2D eigenvalue weighted by Crippen LogP contribution is 2.54. The van der Waals surface area contributed by atoms with Crippen LogP contribution in [0.3, 0.4) is 0 Å². The smallest absolute Gasteiger partial charge is 0.327 e. The van der Waals surface area contributed by atoms with Crippen molar-refractivity contribution >= 4 is 5.97 Å². The summed E-state index contributed by atoms with van der Waals surface area (Å²) in [7, 11) is 1.42. The highest BCUT2D eigenvalue weighted by atomic mass is 16.5. The third kappa shape index (κ3) is 0.684. The third-order valence-electron chi connectivity index (χ3n) is 2.84. The largest absolute Gasteiger partial charge is 0.468 e. The highest BCUT2D eigenvalue weighted by Gasteiger charge is 2.67. The van der Waals surface area contributed by atoms with Gasteiger partial charge in [0.25, 0.3) is 0 Å². The number of carbonyl (C=O) groups excluding carboxylic acids is 1. The fraction of sp³-hybridized carbons (Fsp3) is 0.857. The molecule has 2 fully saturated rings. The SMILES string of the molecule is COC(=O)C12CC1CCN2N. The molecule has 1 aliphatic heterocycles. The van der Waals surface area contributed by atoms with Crippen molar-refractivity contribution in [3.05, 3.63) is 0 Å². The van der Waals surface area contributed by atoms with Gasteiger partial charge in [0.15, 0.2) is 0 Å². The number of rotatable bonds is 1. The third-order valence-corrected chi connectivity index (χ3v) is 2.84. The number of methoxy groups -OCH3 is 1. The average Bonchev–Trinajstić information content (AvgIpc) is 2.68. The van der Waals surface area contributed by atoms with Crippen molar-refractivity contribution < 1.29 is 9.53 Å². The fourth-order valence-electron chi connectivity index (χ4n) is 2.05. The Morgan fingerprint density at radius 1 is 1.82 bits per heavy atom. The van der Waals surface area contributed by atoms with Gasteiger partial charge >= 0.3 is 5.97 Å². The van der Waals surface area contributed by atoms with Crippen LogP contribution >= 0.6 is 0 Å². The Labute approximate surface area is 65.3 Å². The van der Waals surface area contributed by atoms with Crippen molar-refractivity contribution in [1.82, 2.24) is 5.01 Å². The molecule has 11 heavy (non-hydrogen) atoms. The van der Waals surface area contributed by atoms with Crippen LogP contribution < -0.4 is 5.84 Å². The number of esters is 1. The summed E-state index contributed by atoms with van der Waals surface area (Å²) >= 11 is 0. The molecule has 0 aromatic rings. The average molecular weight is 156 g/mol. The molecular weight excluding hydrogens is 144 g/mol. The predicted octanol–water partition coefficient (Wildman–Crippen LogP) is -0.502. The van der Waals surface area contributed by atoms with E-state index in [1.54, 1.807) is 5.01 Å². The molecule has 4 nitrogen and oxygen atoms in total. The Bertz CT molecular complexity index is 207. The van der Waals surface area contributed by atoms with E-state index < -0.39 is 5.54 Å². The zero-order valence-corrected chi connectivity index (χ0v) is 6.54. The molecule has 0 amide bonds. The Morgan fingerprint density at radius 2 is 2.55 bits per heavy atom. The molecule has 0 aromatic carbocycles. The van der Waals surface area contributed by atoms with Gasteiger partial charge in [-0.1, -0.05) is 0 Å². The summed E-state index contributed by atoms with van der Waals surface area (Å²) in [4.78, 5) is 11.2. The molecule has 2 rings (SSSR count). The van der Waals surface area contributed by atoms with Gasteiger partial charge in [0, 0.05) is 6.54 Å². The first-order valence-electron chi connectivity index (χ1n) is 3.82. The van der Waals surface area contributed by atoms with E-state index >= 15 is 0 Å². The number of carbonyl (C=O) groups is 1. The normalized spacial score (nSPS) is 41.8. The topological polar surface area (TPSA) is 55.6 Å². The van der Waals surface area contributed by atoms with E-state index in [4.69, 9.17) is 5.84 Å². The van der Waals surface area contributed by atoms with Crippen LogP contribution in [0, 0.1) is 5.92 Å². The molecule has 62 valence electrons. The molecule has 2 aliphatic rings. The first-order chi connectivity index (χ1) is 5.21. The van der Waals surface area contributed by atoms with Crippen molar-refractivity contribution in [3.8, 4) is 0 Å². The first kappa shape index (κ1) is 7.06. The minimum Gasteiger partial charge on any atom is -0.468 e. The molecule has 0 bridgehead atoms. The summed E-state index contributed by atoms with van der Waals surface area (Å²) in [6.07, 6.45) is 1.92. The molecule has 0 spiro atoms. The van der Waals surface area contributed by atoms with Crippen LogP contribution in [-0.2, 0) is 9.53 Å². The predicted molar refractivity (Wildman–Crippen MR) is 38.4 cm³/mol. The minimum atomic E-state index is -0.422. The molecule has 2 atom stereocenters. The summed E-state index contributed by atoms with van der Waals surface area (Å²) < 4.78 is 4.69. The van der Waals surface area contributed by atoms with Crippen LogP contribution in [-0.4, -0.2) is 30.2 Å². The van der Waals surface area contributed by atoms with Crippen molar-refractivity contribution in [2.75, 3.05) is 13.7 Å². The van der Waals surface area contributed by atoms with Crippen LogP contribution in [0.5, 0.6) is 0 Å². The quantitative estimate of drug-likeness (QED) is 0.410. The molecule has 4 heteroatoms. The van der Waals surface area contributed by atoms with Gasteiger partial charge in [-0.2, -0.15) is 0 Å². The molecule has 1 aliphatic carbocycles. The van der Waals surface area contributed by atoms with Gasteiger partial charge < -0.3 is 4.74 Å². The van der Waals surface area contributed by atoms with Crippen LogP contribution in [0.4, 0.5) is 0 Å². The second-order valence-corrected chi connectivity index (χ2v) is 3.30. The maximum Gasteiger partial charge on any atom is 0.327 e. The number of hydrogen-bond acceptors (Lipinski definition) is 4. The van der Waals surface area contributed by atoms with Crippen molar-refractivity contribution in [3.63, 3.8) is 0 Å². The lowest BCUT2D eigenvalue weighted by Crippen LogP contribution is -2.46. The highest BCUT2D eigenvalue weighted by molar-refractivity contribution is 5.85. The van der Waals surface area contributed by atoms with Crippen LogP contribution in [0.2, 0.25) is 0 Å². The van der Waals surface area contributed by atoms with Gasteiger partial charge in [0.1, 0.15) is 5.54 Å². The van der Waals surface area contributed by atoms with Gasteiger partial charge in [-0.15, -0.1) is 0 Å². The maximum atomic E-state index is 11.2. The van der Waals surface area contributed by atoms with E-state index in [1.807, 2.05) is 0 Å². The standard InChI is InChI=1S/C7H12N2O2/c1-11-6(10)7-4-5(7)2-3-9(7)8/h5H,2-4,8H2,1H3. The first-order valence-corrected chi connectivity index (χ1v) is 3.82. The Morgan fingerprint density at radius 3 is 2.91 bits per heavy atom.